The summed E-state index contributed by atoms with van der Waals surface area (Å²) in [5.74, 6) is -0.523. The first-order valence-corrected chi connectivity index (χ1v) is 7.17. The second-order valence-electron chi connectivity index (χ2n) is 5.68. The van der Waals surface area contributed by atoms with Crippen molar-refractivity contribution in [2.45, 2.75) is 12.5 Å². The average Bonchev–Trinajstić information content (AvgIpc) is 2.97. The molecule has 2 amide bonds. The molecule has 0 aliphatic carbocycles. The van der Waals surface area contributed by atoms with E-state index in [9.17, 15) is 9.59 Å². The summed E-state index contributed by atoms with van der Waals surface area (Å²) in [6.45, 7) is 0. The van der Waals surface area contributed by atoms with E-state index in [-0.39, 0.29) is 11.9 Å². The maximum Gasteiger partial charge on any atom is 0.248 e. The summed E-state index contributed by atoms with van der Waals surface area (Å²) >= 11 is 0. The zero-order chi connectivity index (χ0) is 16.6. The number of fused-ring (bicyclic) bond motifs is 1. The third kappa shape index (κ3) is 2.73. The van der Waals surface area contributed by atoms with Crippen molar-refractivity contribution in [3.63, 3.8) is 0 Å². The molecule has 0 fully saturated rings. The van der Waals surface area contributed by atoms with Crippen molar-refractivity contribution in [1.82, 2.24) is 14.9 Å². The predicted octanol–water partition coefficient (Wildman–Crippen LogP) is 0.667. The predicted molar refractivity (Wildman–Crippen MR) is 85.8 cm³/mol. The zero-order valence-electron chi connectivity index (χ0n) is 12.9. The van der Waals surface area contributed by atoms with E-state index in [0.717, 1.165) is 22.4 Å². The summed E-state index contributed by atoms with van der Waals surface area (Å²) in [4.78, 5) is 33.4. The van der Waals surface area contributed by atoms with Gasteiger partial charge in [-0.1, -0.05) is 0 Å². The zero-order valence-corrected chi connectivity index (χ0v) is 12.9. The Morgan fingerprint density at radius 3 is 2.57 bits per heavy atom. The standard InChI is InChI=1S/C16H17N5O2/c1-21(2)16(23)13-5-9-3-10(15(17)22)4-12(14(9)20-13)11-6-18-8-19-7-11/h3-4,6-8,13,20H,5H2,1-2H3,(H2,17,22). The van der Waals surface area contributed by atoms with Crippen LogP contribution in [0.25, 0.3) is 11.1 Å². The fourth-order valence-corrected chi connectivity index (χ4v) is 2.75. The number of primary amides is 1. The Balaban J connectivity index is 2.09. The molecule has 0 bridgehead atoms. The van der Waals surface area contributed by atoms with E-state index < -0.39 is 5.91 Å². The molecule has 3 rings (SSSR count). The van der Waals surface area contributed by atoms with Crippen molar-refractivity contribution in [1.29, 1.82) is 0 Å². The van der Waals surface area contributed by atoms with E-state index in [0.29, 0.717) is 12.0 Å². The molecule has 1 aromatic heterocycles. The van der Waals surface area contributed by atoms with E-state index in [4.69, 9.17) is 5.73 Å². The third-order valence-corrected chi connectivity index (χ3v) is 3.86. The molecular formula is C16H17N5O2. The molecule has 0 saturated heterocycles. The van der Waals surface area contributed by atoms with Gasteiger partial charge in [0.2, 0.25) is 11.8 Å². The van der Waals surface area contributed by atoms with Crippen LogP contribution in [0.15, 0.2) is 30.9 Å². The van der Waals surface area contributed by atoms with Crippen LogP contribution in [0.2, 0.25) is 0 Å². The number of nitrogens with two attached hydrogens (primary N) is 1. The first kappa shape index (κ1) is 15.0. The Morgan fingerprint density at radius 2 is 1.96 bits per heavy atom. The van der Waals surface area contributed by atoms with Gasteiger partial charge in [-0.2, -0.15) is 0 Å². The molecule has 3 N–H and O–H groups in total. The molecular weight excluding hydrogens is 294 g/mol. The molecule has 1 aromatic carbocycles. The number of hydrogen-bond donors (Lipinski definition) is 2. The molecule has 2 aromatic rings. The van der Waals surface area contributed by atoms with Crippen molar-refractivity contribution in [3.05, 3.63) is 42.0 Å². The highest BCUT2D eigenvalue weighted by molar-refractivity contribution is 5.98. The number of nitrogens with zero attached hydrogens (tertiary/aromatic N) is 3. The van der Waals surface area contributed by atoms with Crippen LogP contribution in [0, 0.1) is 0 Å². The lowest BCUT2D eigenvalue weighted by Crippen LogP contribution is -2.37. The number of nitrogens with one attached hydrogen (secondary N) is 1. The highest BCUT2D eigenvalue weighted by atomic mass is 16.2. The number of benzene rings is 1. The van der Waals surface area contributed by atoms with Gasteiger partial charge < -0.3 is 16.0 Å². The number of rotatable bonds is 3. The summed E-state index contributed by atoms with van der Waals surface area (Å²) in [5.41, 5.74) is 9.08. The Hall–Kier alpha value is -2.96. The maximum atomic E-state index is 12.2. The van der Waals surface area contributed by atoms with Crippen molar-refractivity contribution >= 4 is 17.5 Å². The molecule has 23 heavy (non-hydrogen) atoms. The first-order chi connectivity index (χ1) is 11.0. The molecule has 7 nitrogen and oxygen atoms in total. The smallest absolute Gasteiger partial charge is 0.248 e. The Bertz CT molecular complexity index is 774. The van der Waals surface area contributed by atoms with Crippen LogP contribution in [0.5, 0.6) is 0 Å². The summed E-state index contributed by atoms with van der Waals surface area (Å²) in [6.07, 6.45) is 5.27. The molecule has 2 heterocycles. The molecule has 118 valence electrons. The molecule has 1 atom stereocenters. The lowest BCUT2D eigenvalue weighted by molar-refractivity contribution is -0.129. The topological polar surface area (TPSA) is 101 Å². The van der Waals surface area contributed by atoms with Crippen LogP contribution >= 0.6 is 0 Å². The molecule has 7 heteroatoms. The van der Waals surface area contributed by atoms with Gasteiger partial charge in [0.05, 0.1) is 0 Å². The largest absolute Gasteiger partial charge is 0.373 e. The van der Waals surface area contributed by atoms with Gasteiger partial charge in [0.15, 0.2) is 0 Å². The van der Waals surface area contributed by atoms with Gasteiger partial charge in [0.1, 0.15) is 12.4 Å². The number of carbonyl (C=O) groups is 2. The normalized spacial score (nSPS) is 15.7. The first-order valence-electron chi connectivity index (χ1n) is 7.17. The summed E-state index contributed by atoms with van der Waals surface area (Å²) < 4.78 is 0. The van der Waals surface area contributed by atoms with Crippen LogP contribution in [0.1, 0.15) is 15.9 Å². The molecule has 1 aliphatic heterocycles. The van der Waals surface area contributed by atoms with Crippen LogP contribution < -0.4 is 11.1 Å². The van der Waals surface area contributed by atoms with Gasteiger partial charge in [0.25, 0.3) is 0 Å². The van der Waals surface area contributed by atoms with E-state index >= 15 is 0 Å². The van der Waals surface area contributed by atoms with Gasteiger partial charge in [-0.05, 0) is 17.7 Å². The highest BCUT2D eigenvalue weighted by Gasteiger charge is 2.30. The van der Waals surface area contributed by atoms with Crippen LogP contribution in [0.3, 0.4) is 0 Å². The van der Waals surface area contributed by atoms with Gasteiger partial charge in [-0.3, -0.25) is 9.59 Å². The Labute approximate surface area is 133 Å². The summed E-state index contributed by atoms with van der Waals surface area (Å²) in [6, 6.07) is 3.09. The lowest BCUT2D eigenvalue weighted by atomic mass is 9.98. The van der Waals surface area contributed by atoms with E-state index in [1.165, 1.54) is 6.33 Å². The number of aromatic nitrogens is 2. The Morgan fingerprint density at radius 1 is 1.26 bits per heavy atom. The van der Waals surface area contributed by atoms with Crippen LogP contribution in [-0.2, 0) is 11.2 Å². The number of anilines is 1. The van der Waals surface area contributed by atoms with Gasteiger partial charge in [0, 0.05) is 55.3 Å². The minimum atomic E-state index is -0.506. The van der Waals surface area contributed by atoms with Gasteiger partial charge >= 0.3 is 0 Å². The second-order valence-corrected chi connectivity index (χ2v) is 5.68. The van der Waals surface area contributed by atoms with E-state index in [1.54, 1.807) is 43.5 Å². The minimum Gasteiger partial charge on any atom is -0.373 e. The van der Waals surface area contributed by atoms with Crippen LogP contribution in [0.4, 0.5) is 5.69 Å². The molecule has 0 spiro atoms. The molecule has 0 radical (unpaired) electrons. The Kier molecular flexibility index (Phi) is 3.69. The SMILES string of the molecule is CN(C)C(=O)C1Cc2cc(C(N)=O)cc(-c3cncnc3)c2N1. The second kappa shape index (κ2) is 5.68. The third-order valence-electron chi connectivity index (χ3n) is 3.86. The molecule has 1 unspecified atom stereocenters. The lowest BCUT2D eigenvalue weighted by Gasteiger charge is -2.17. The number of hydrogen-bond acceptors (Lipinski definition) is 5. The number of amides is 2. The fourth-order valence-electron chi connectivity index (χ4n) is 2.75. The van der Waals surface area contributed by atoms with Crippen LogP contribution in [-0.4, -0.2) is 46.8 Å². The highest BCUT2D eigenvalue weighted by Crippen LogP contribution is 2.37. The van der Waals surface area contributed by atoms with Gasteiger partial charge in [-0.15, -0.1) is 0 Å². The van der Waals surface area contributed by atoms with Crippen molar-refractivity contribution in [2.24, 2.45) is 5.73 Å². The summed E-state index contributed by atoms with van der Waals surface area (Å²) in [5, 5.41) is 3.25. The van der Waals surface area contributed by atoms with Gasteiger partial charge in [-0.25, -0.2) is 9.97 Å². The van der Waals surface area contributed by atoms with E-state index in [2.05, 4.69) is 15.3 Å². The van der Waals surface area contributed by atoms with Crippen molar-refractivity contribution in [3.8, 4) is 11.1 Å². The van der Waals surface area contributed by atoms with Crippen molar-refractivity contribution < 1.29 is 9.59 Å². The monoisotopic (exact) mass is 311 g/mol. The maximum absolute atomic E-state index is 12.2. The average molecular weight is 311 g/mol. The quantitative estimate of drug-likeness (QED) is 0.867. The molecule has 1 aliphatic rings. The summed E-state index contributed by atoms with van der Waals surface area (Å²) in [7, 11) is 3.43. The van der Waals surface area contributed by atoms with E-state index in [1.807, 2.05) is 0 Å². The molecule has 0 saturated carbocycles. The number of carbonyl (C=O) groups excluding carboxylic acids is 2. The number of likely N-dealkylation sites (N-methyl/N-ethyl adjacent to an activating group) is 1. The van der Waals surface area contributed by atoms with Crippen molar-refractivity contribution in [2.75, 3.05) is 19.4 Å². The fraction of sp³-hybridized carbons (Fsp3) is 0.250. The minimum absolute atomic E-state index is 0.0166.